The number of rotatable bonds is 7. The molecule has 4 nitrogen and oxygen atoms in total. The van der Waals surface area contributed by atoms with Gasteiger partial charge in [-0.3, -0.25) is 0 Å². The average molecular weight is 298 g/mol. The van der Waals surface area contributed by atoms with E-state index in [0.29, 0.717) is 13.2 Å². The van der Waals surface area contributed by atoms with Gasteiger partial charge in [-0.2, -0.15) is 0 Å². The molecule has 0 saturated heterocycles. The Hall–Kier alpha value is -1.03. The highest BCUT2D eigenvalue weighted by Crippen LogP contribution is 2.13. The van der Waals surface area contributed by atoms with E-state index in [4.69, 9.17) is 10.3 Å². The summed E-state index contributed by atoms with van der Waals surface area (Å²) in [6, 6.07) is 8.06. The summed E-state index contributed by atoms with van der Waals surface area (Å²) in [5.41, 5.74) is 9.35. The van der Waals surface area contributed by atoms with Gasteiger partial charge in [-0.05, 0) is 36.1 Å². The fourth-order valence-corrected chi connectivity index (χ4v) is 1.71. The lowest BCUT2D eigenvalue weighted by atomic mass is 10.2. The third kappa shape index (κ3) is 5.73. The Balaban J connectivity index is 2.36. The van der Waals surface area contributed by atoms with E-state index in [1.807, 2.05) is 24.3 Å². The summed E-state index contributed by atoms with van der Waals surface area (Å²) in [6.07, 6.45) is 1.86. The molecule has 0 aromatic heterocycles. The van der Waals surface area contributed by atoms with Crippen molar-refractivity contribution in [2.75, 3.05) is 6.54 Å². The fourth-order valence-electron chi connectivity index (χ4n) is 1.45. The molecule has 0 bridgehead atoms. The van der Waals surface area contributed by atoms with E-state index < -0.39 is 0 Å². The number of azide groups is 1. The molecular formula is C12H16BrN3O. The van der Waals surface area contributed by atoms with E-state index >= 15 is 0 Å². The van der Waals surface area contributed by atoms with E-state index in [9.17, 15) is 0 Å². The molecule has 92 valence electrons. The van der Waals surface area contributed by atoms with Crippen LogP contribution in [0, 0.1) is 0 Å². The quantitative estimate of drug-likeness (QED) is 0.417. The van der Waals surface area contributed by atoms with Crippen LogP contribution in [0.1, 0.15) is 25.3 Å². The van der Waals surface area contributed by atoms with Crippen molar-refractivity contribution in [3.05, 3.63) is 44.7 Å². The Kier molecular flexibility index (Phi) is 6.70. The topological polar surface area (TPSA) is 58.0 Å². The molecule has 0 heterocycles. The summed E-state index contributed by atoms with van der Waals surface area (Å²) >= 11 is 3.39. The monoisotopic (exact) mass is 297 g/mol. The van der Waals surface area contributed by atoms with Crippen LogP contribution in [0.25, 0.3) is 10.4 Å². The van der Waals surface area contributed by atoms with E-state index in [0.717, 1.165) is 22.9 Å². The molecule has 1 aromatic carbocycles. The zero-order valence-electron chi connectivity index (χ0n) is 9.84. The zero-order valence-corrected chi connectivity index (χ0v) is 11.4. The second-order valence-corrected chi connectivity index (χ2v) is 4.63. The maximum Gasteiger partial charge on any atom is 0.0720 e. The van der Waals surface area contributed by atoms with Gasteiger partial charge in [-0.1, -0.05) is 40.1 Å². The molecule has 0 aliphatic carbocycles. The van der Waals surface area contributed by atoms with E-state index in [2.05, 4.69) is 32.9 Å². The Bertz CT molecular complexity index is 374. The van der Waals surface area contributed by atoms with Crippen molar-refractivity contribution < 1.29 is 4.74 Å². The van der Waals surface area contributed by atoms with Gasteiger partial charge in [-0.25, -0.2) is 0 Å². The average Bonchev–Trinajstić information content (AvgIpc) is 2.35. The third-order valence-corrected chi connectivity index (χ3v) is 3.00. The van der Waals surface area contributed by atoms with Gasteiger partial charge in [0, 0.05) is 15.9 Å². The minimum atomic E-state index is 0.157. The predicted molar refractivity (Wildman–Crippen MR) is 71.6 cm³/mol. The fraction of sp³-hybridized carbons (Fsp3) is 0.500. The molecule has 0 radical (unpaired) electrons. The molecule has 0 fully saturated rings. The lowest BCUT2D eigenvalue weighted by Gasteiger charge is -2.14. The first-order valence-electron chi connectivity index (χ1n) is 5.63. The number of nitrogens with zero attached hydrogens (tertiary/aromatic N) is 3. The Labute approximate surface area is 110 Å². The molecule has 0 amide bonds. The van der Waals surface area contributed by atoms with Gasteiger partial charge in [0.15, 0.2) is 0 Å². The summed E-state index contributed by atoms with van der Waals surface area (Å²) in [6.45, 7) is 3.17. The van der Waals surface area contributed by atoms with Gasteiger partial charge in [0.05, 0.1) is 12.7 Å². The van der Waals surface area contributed by atoms with Gasteiger partial charge in [0.25, 0.3) is 0 Å². The standard InChI is InChI=1S/C12H16BrN3O/c1-2-12(7-8-15-16-14)17-9-10-3-5-11(13)6-4-10/h3-6,12H,2,7-9H2,1H3/t12-/m0/s1. The predicted octanol–water partition coefficient (Wildman–Crippen LogP) is 4.44. The van der Waals surface area contributed by atoms with Crippen LogP contribution < -0.4 is 0 Å². The minimum absolute atomic E-state index is 0.157. The largest absolute Gasteiger partial charge is 0.374 e. The number of hydrogen-bond donors (Lipinski definition) is 0. The van der Waals surface area contributed by atoms with Gasteiger partial charge in [0.1, 0.15) is 0 Å². The maximum absolute atomic E-state index is 8.20. The second kappa shape index (κ2) is 8.12. The van der Waals surface area contributed by atoms with Gasteiger partial charge in [0.2, 0.25) is 0 Å². The molecule has 0 unspecified atom stereocenters. The number of benzene rings is 1. The van der Waals surface area contributed by atoms with E-state index in [1.54, 1.807) is 0 Å². The Morgan fingerprint density at radius 1 is 1.41 bits per heavy atom. The lowest BCUT2D eigenvalue weighted by Crippen LogP contribution is -2.12. The van der Waals surface area contributed by atoms with Gasteiger partial charge >= 0.3 is 0 Å². The normalized spacial score (nSPS) is 11.9. The SMILES string of the molecule is CC[C@@H](CCN=[N+]=[N-])OCc1ccc(Br)cc1. The highest BCUT2D eigenvalue weighted by molar-refractivity contribution is 9.10. The highest BCUT2D eigenvalue weighted by Gasteiger charge is 2.05. The summed E-state index contributed by atoms with van der Waals surface area (Å²) in [5.74, 6) is 0. The van der Waals surface area contributed by atoms with E-state index in [1.165, 1.54) is 0 Å². The van der Waals surface area contributed by atoms with Crippen molar-refractivity contribution in [1.82, 2.24) is 0 Å². The van der Waals surface area contributed by atoms with Crippen LogP contribution in [0.2, 0.25) is 0 Å². The van der Waals surface area contributed by atoms with Crippen molar-refractivity contribution in [2.45, 2.75) is 32.5 Å². The molecule has 0 saturated carbocycles. The van der Waals surface area contributed by atoms with Crippen molar-refractivity contribution in [2.24, 2.45) is 5.11 Å². The van der Waals surface area contributed by atoms with Crippen molar-refractivity contribution in [3.63, 3.8) is 0 Å². The third-order valence-electron chi connectivity index (χ3n) is 2.47. The van der Waals surface area contributed by atoms with Crippen LogP contribution in [0.4, 0.5) is 0 Å². The van der Waals surface area contributed by atoms with E-state index in [-0.39, 0.29) is 6.10 Å². The van der Waals surface area contributed by atoms with Crippen molar-refractivity contribution >= 4 is 15.9 Å². The molecule has 0 spiro atoms. The molecule has 1 aromatic rings. The first-order chi connectivity index (χ1) is 8.26. The number of hydrogen-bond acceptors (Lipinski definition) is 2. The first-order valence-corrected chi connectivity index (χ1v) is 6.42. The van der Waals surface area contributed by atoms with Crippen LogP contribution >= 0.6 is 15.9 Å². The van der Waals surface area contributed by atoms with Gasteiger partial charge < -0.3 is 4.74 Å². The van der Waals surface area contributed by atoms with Gasteiger partial charge in [-0.15, -0.1) is 0 Å². The number of halogens is 1. The lowest BCUT2D eigenvalue weighted by molar-refractivity contribution is 0.0342. The second-order valence-electron chi connectivity index (χ2n) is 3.71. The summed E-state index contributed by atoms with van der Waals surface area (Å²) in [7, 11) is 0. The summed E-state index contributed by atoms with van der Waals surface area (Å²) < 4.78 is 6.83. The molecule has 0 aliphatic rings. The highest BCUT2D eigenvalue weighted by atomic mass is 79.9. The molecule has 17 heavy (non-hydrogen) atoms. The zero-order chi connectivity index (χ0) is 12.5. The molecule has 5 heteroatoms. The first kappa shape index (κ1) is 14.0. The minimum Gasteiger partial charge on any atom is -0.374 e. The Morgan fingerprint density at radius 2 is 2.12 bits per heavy atom. The summed E-state index contributed by atoms with van der Waals surface area (Å²) in [4.78, 5) is 2.73. The molecule has 1 rings (SSSR count). The van der Waals surface area contributed by atoms with Crippen LogP contribution in [-0.2, 0) is 11.3 Å². The molecule has 1 atom stereocenters. The molecule has 0 N–H and O–H groups in total. The van der Waals surface area contributed by atoms with Crippen molar-refractivity contribution in [3.8, 4) is 0 Å². The van der Waals surface area contributed by atoms with Crippen LogP contribution in [-0.4, -0.2) is 12.6 Å². The molecular weight excluding hydrogens is 282 g/mol. The van der Waals surface area contributed by atoms with Crippen molar-refractivity contribution in [1.29, 1.82) is 0 Å². The number of ether oxygens (including phenoxy) is 1. The van der Waals surface area contributed by atoms with Crippen LogP contribution in [0.5, 0.6) is 0 Å². The van der Waals surface area contributed by atoms with Crippen LogP contribution in [0.3, 0.4) is 0 Å². The van der Waals surface area contributed by atoms with Crippen LogP contribution in [0.15, 0.2) is 33.9 Å². The maximum atomic E-state index is 8.20. The Morgan fingerprint density at radius 3 is 2.71 bits per heavy atom. The molecule has 0 aliphatic heterocycles. The smallest absolute Gasteiger partial charge is 0.0720 e. The summed E-state index contributed by atoms with van der Waals surface area (Å²) in [5, 5.41) is 3.52.